The van der Waals surface area contributed by atoms with Crippen LogP contribution >= 0.6 is 0 Å². The molecule has 5 rings (SSSR count). The number of anilines is 1. The normalized spacial score (nSPS) is 22.2. The molecule has 0 spiro atoms. The van der Waals surface area contributed by atoms with E-state index in [1.165, 1.54) is 0 Å². The number of nitrogens with one attached hydrogen (secondary N) is 2. The van der Waals surface area contributed by atoms with E-state index in [4.69, 9.17) is 4.74 Å². The van der Waals surface area contributed by atoms with Gasteiger partial charge in [0.05, 0.1) is 31.0 Å². The number of piperidine rings is 1. The number of fused-ring (bicyclic) bond motifs is 1. The van der Waals surface area contributed by atoms with Gasteiger partial charge in [0.25, 0.3) is 11.8 Å². The van der Waals surface area contributed by atoms with E-state index in [0.717, 1.165) is 29.1 Å². The molecule has 2 aromatic rings. The standard InChI is InChI=1S/C25H28N4O8/c30-17-5-6-25(36,24(35)27-17)29-13-16-18(23(29)34)20(31)22(33)21(32)19(16)26-11-14-3-1-2-4-15(14)12-28-7-9-37-10-8-28/h1-4,26,31-33,36H,5-13H2,(H,27,30,35). The van der Waals surface area contributed by atoms with Crippen LogP contribution in [0.2, 0.25) is 0 Å². The first-order valence-corrected chi connectivity index (χ1v) is 12.0. The lowest BCUT2D eigenvalue weighted by Gasteiger charge is -2.37. The largest absolute Gasteiger partial charge is 0.504 e. The lowest BCUT2D eigenvalue weighted by molar-refractivity contribution is -0.167. The van der Waals surface area contributed by atoms with E-state index in [0.29, 0.717) is 19.8 Å². The summed E-state index contributed by atoms with van der Waals surface area (Å²) in [5.41, 5.74) is -0.590. The molecule has 37 heavy (non-hydrogen) atoms. The molecule has 12 nitrogen and oxygen atoms in total. The highest BCUT2D eigenvalue weighted by Gasteiger charge is 2.52. The molecular formula is C25H28N4O8. The van der Waals surface area contributed by atoms with Crippen molar-refractivity contribution in [2.24, 2.45) is 0 Å². The number of carbonyl (C=O) groups is 3. The number of rotatable bonds is 6. The van der Waals surface area contributed by atoms with E-state index in [9.17, 15) is 34.8 Å². The molecule has 3 aliphatic rings. The average Bonchev–Trinajstić information content (AvgIpc) is 3.24. The monoisotopic (exact) mass is 512 g/mol. The zero-order valence-electron chi connectivity index (χ0n) is 20.0. The van der Waals surface area contributed by atoms with Crippen molar-refractivity contribution in [1.82, 2.24) is 15.1 Å². The second kappa shape index (κ2) is 9.54. The zero-order chi connectivity index (χ0) is 26.3. The van der Waals surface area contributed by atoms with Gasteiger partial charge in [0.15, 0.2) is 11.5 Å². The molecule has 2 aromatic carbocycles. The van der Waals surface area contributed by atoms with Gasteiger partial charge in [0.2, 0.25) is 17.4 Å². The number of amides is 3. The molecule has 196 valence electrons. The topological polar surface area (TPSA) is 172 Å². The number of hydrogen-bond acceptors (Lipinski definition) is 10. The molecule has 3 heterocycles. The summed E-state index contributed by atoms with van der Waals surface area (Å²) in [5, 5.41) is 47.6. The summed E-state index contributed by atoms with van der Waals surface area (Å²) in [5.74, 6) is -4.95. The van der Waals surface area contributed by atoms with Crippen molar-refractivity contribution >= 4 is 23.4 Å². The number of carbonyl (C=O) groups excluding carboxylic acids is 3. The smallest absolute Gasteiger partial charge is 0.279 e. The molecular weight excluding hydrogens is 484 g/mol. The van der Waals surface area contributed by atoms with Gasteiger partial charge in [-0.05, 0) is 11.1 Å². The fraction of sp³-hybridized carbons (Fsp3) is 0.400. The van der Waals surface area contributed by atoms with Gasteiger partial charge in [0, 0.05) is 44.6 Å². The van der Waals surface area contributed by atoms with Crippen LogP contribution in [0, 0.1) is 0 Å². The summed E-state index contributed by atoms with van der Waals surface area (Å²) in [4.78, 5) is 40.3. The van der Waals surface area contributed by atoms with Gasteiger partial charge in [0.1, 0.15) is 0 Å². The molecule has 0 aromatic heterocycles. The Bertz CT molecular complexity index is 1280. The first-order chi connectivity index (χ1) is 17.7. The molecule has 0 aliphatic carbocycles. The van der Waals surface area contributed by atoms with Gasteiger partial charge in [-0.3, -0.25) is 29.5 Å². The molecule has 2 saturated heterocycles. The number of ether oxygens (including phenoxy) is 1. The minimum atomic E-state index is -2.33. The van der Waals surface area contributed by atoms with Gasteiger partial charge in [-0.15, -0.1) is 0 Å². The molecule has 6 N–H and O–H groups in total. The van der Waals surface area contributed by atoms with Gasteiger partial charge in [-0.2, -0.15) is 0 Å². The lowest BCUT2D eigenvalue weighted by Crippen LogP contribution is -2.63. The number of aliphatic hydroxyl groups is 1. The van der Waals surface area contributed by atoms with Crippen molar-refractivity contribution in [3.63, 3.8) is 0 Å². The van der Waals surface area contributed by atoms with E-state index in [1.807, 2.05) is 29.6 Å². The summed E-state index contributed by atoms with van der Waals surface area (Å²) in [7, 11) is 0. The minimum absolute atomic E-state index is 0.00165. The van der Waals surface area contributed by atoms with Crippen LogP contribution in [-0.2, 0) is 34.0 Å². The maximum Gasteiger partial charge on any atom is 0.279 e. The van der Waals surface area contributed by atoms with Crippen molar-refractivity contribution < 1.29 is 39.5 Å². The Balaban J connectivity index is 1.44. The Morgan fingerprint density at radius 2 is 1.70 bits per heavy atom. The maximum atomic E-state index is 13.2. The highest BCUT2D eigenvalue weighted by atomic mass is 16.5. The Morgan fingerprint density at radius 3 is 2.41 bits per heavy atom. The predicted octanol–water partition coefficient (Wildman–Crippen LogP) is 0.329. The first kappa shape index (κ1) is 24.8. The van der Waals surface area contributed by atoms with Crippen LogP contribution in [-0.4, -0.2) is 80.0 Å². The molecule has 3 amide bonds. The Hall–Kier alpha value is -3.87. The van der Waals surface area contributed by atoms with Crippen LogP contribution in [0.15, 0.2) is 24.3 Å². The third-order valence-corrected chi connectivity index (χ3v) is 7.14. The number of phenols is 3. The Kier molecular flexibility index (Phi) is 6.40. The van der Waals surface area contributed by atoms with Gasteiger partial charge in [-0.25, -0.2) is 0 Å². The van der Waals surface area contributed by atoms with Crippen LogP contribution in [0.4, 0.5) is 5.69 Å². The molecule has 0 radical (unpaired) electrons. The number of phenolic OH excluding ortho intramolecular Hbond substituents is 3. The van der Waals surface area contributed by atoms with Crippen molar-refractivity contribution in [2.75, 3.05) is 31.6 Å². The molecule has 1 atom stereocenters. The lowest BCUT2D eigenvalue weighted by atomic mass is 10.00. The average molecular weight is 513 g/mol. The van der Waals surface area contributed by atoms with Crippen LogP contribution in [0.5, 0.6) is 17.2 Å². The number of morpholine rings is 1. The van der Waals surface area contributed by atoms with Crippen LogP contribution in [0.25, 0.3) is 0 Å². The fourth-order valence-electron chi connectivity index (χ4n) is 5.02. The van der Waals surface area contributed by atoms with Crippen LogP contribution in [0.3, 0.4) is 0 Å². The summed E-state index contributed by atoms with van der Waals surface area (Å²) in [6.07, 6.45) is -0.510. The van der Waals surface area contributed by atoms with Crippen molar-refractivity contribution in [1.29, 1.82) is 0 Å². The quantitative estimate of drug-likeness (QED) is 0.180. The maximum absolute atomic E-state index is 13.2. The number of aromatic hydroxyl groups is 3. The summed E-state index contributed by atoms with van der Waals surface area (Å²) in [6, 6.07) is 7.72. The number of imide groups is 1. The molecule has 12 heteroatoms. The number of benzene rings is 2. The summed E-state index contributed by atoms with van der Waals surface area (Å²) >= 11 is 0. The predicted molar refractivity (Wildman–Crippen MR) is 129 cm³/mol. The third kappa shape index (κ3) is 4.32. The molecule has 2 fully saturated rings. The number of hydrogen-bond donors (Lipinski definition) is 6. The number of nitrogens with zero attached hydrogens (tertiary/aromatic N) is 2. The zero-order valence-corrected chi connectivity index (χ0v) is 20.0. The molecule has 0 bridgehead atoms. The summed E-state index contributed by atoms with van der Waals surface area (Å²) < 4.78 is 5.41. The Labute approximate surface area is 212 Å². The van der Waals surface area contributed by atoms with Crippen LogP contribution < -0.4 is 10.6 Å². The fourth-order valence-corrected chi connectivity index (χ4v) is 5.02. The second-order valence-electron chi connectivity index (χ2n) is 9.37. The van der Waals surface area contributed by atoms with Gasteiger partial charge < -0.3 is 30.5 Å². The molecule has 0 saturated carbocycles. The molecule has 1 unspecified atom stereocenters. The van der Waals surface area contributed by atoms with Crippen molar-refractivity contribution in [2.45, 2.75) is 38.2 Å². The van der Waals surface area contributed by atoms with Crippen molar-refractivity contribution in [3.8, 4) is 17.2 Å². The highest BCUT2D eigenvalue weighted by molar-refractivity contribution is 6.09. The Morgan fingerprint density at radius 1 is 1.00 bits per heavy atom. The second-order valence-corrected chi connectivity index (χ2v) is 9.37. The van der Waals surface area contributed by atoms with E-state index in [1.54, 1.807) is 0 Å². The third-order valence-electron chi connectivity index (χ3n) is 7.14. The highest BCUT2D eigenvalue weighted by Crippen LogP contribution is 2.50. The minimum Gasteiger partial charge on any atom is -0.504 e. The van der Waals surface area contributed by atoms with E-state index in [-0.39, 0.29) is 42.7 Å². The van der Waals surface area contributed by atoms with E-state index < -0.39 is 40.7 Å². The van der Waals surface area contributed by atoms with Crippen LogP contribution in [0.1, 0.15) is 39.9 Å². The van der Waals surface area contributed by atoms with Gasteiger partial charge >= 0.3 is 0 Å². The van der Waals surface area contributed by atoms with E-state index >= 15 is 0 Å². The van der Waals surface area contributed by atoms with Gasteiger partial charge in [-0.1, -0.05) is 24.3 Å². The molecule has 3 aliphatic heterocycles. The summed E-state index contributed by atoms with van der Waals surface area (Å²) in [6.45, 7) is 3.51. The SMILES string of the molecule is O=C1CCC(O)(N2Cc3c(NCc4ccccc4CN4CCOCC4)c(O)c(O)c(O)c3C2=O)C(=O)N1. The van der Waals surface area contributed by atoms with E-state index in [2.05, 4.69) is 10.2 Å². The first-order valence-electron chi connectivity index (χ1n) is 12.0. The van der Waals surface area contributed by atoms with Crippen molar-refractivity contribution in [3.05, 3.63) is 46.5 Å².